The van der Waals surface area contributed by atoms with Crippen LogP contribution in [0.5, 0.6) is 0 Å². The third-order valence-electron chi connectivity index (χ3n) is 3.55. The van der Waals surface area contributed by atoms with Crippen LogP contribution in [0.4, 0.5) is 11.4 Å². The van der Waals surface area contributed by atoms with E-state index in [1.165, 1.54) is 26.4 Å². The zero-order valence-electron chi connectivity index (χ0n) is 13.3. The second kappa shape index (κ2) is 8.07. The van der Waals surface area contributed by atoms with Gasteiger partial charge in [-0.2, -0.15) is 0 Å². The van der Waals surface area contributed by atoms with Crippen LogP contribution in [0.15, 0.2) is 54.6 Å². The van der Waals surface area contributed by atoms with Gasteiger partial charge in [0.25, 0.3) is 5.69 Å². The maximum Gasteiger partial charge on any atom is 0.337 e. The predicted octanol–water partition coefficient (Wildman–Crippen LogP) is 2.94. The van der Waals surface area contributed by atoms with Gasteiger partial charge in [0.05, 0.1) is 18.1 Å². The molecule has 0 aromatic heterocycles. The minimum atomic E-state index is -0.868. The van der Waals surface area contributed by atoms with Crippen molar-refractivity contribution in [1.29, 1.82) is 0 Å². The van der Waals surface area contributed by atoms with E-state index in [1.807, 2.05) is 30.3 Å². The Morgan fingerprint density at radius 3 is 2.21 bits per heavy atom. The Labute approximate surface area is 139 Å². The fourth-order valence-corrected chi connectivity index (χ4v) is 2.34. The van der Waals surface area contributed by atoms with Gasteiger partial charge in [-0.05, 0) is 17.7 Å². The zero-order chi connectivity index (χ0) is 17.5. The molecule has 2 atom stereocenters. The van der Waals surface area contributed by atoms with E-state index in [1.54, 1.807) is 12.1 Å². The van der Waals surface area contributed by atoms with Crippen LogP contribution in [0, 0.1) is 10.1 Å². The number of carbonyl (C=O) groups excluding carboxylic acids is 1. The number of carbonyl (C=O) groups is 1. The number of hydrogen-bond acceptors (Lipinski definition) is 6. The predicted molar refractivity (Wildman–Crippen MR) is 88.7 cm³/mol. The van der Waals surface area contributed by atoms with Gasteiger partial charge in [0.1, 0.15) is 0 Å². The highest BCUT2D eigenvalue weighted by atomic mass is 16.6. The van der Waals surface area contributed by atoms with E-state index in [-0.39, 0.29) is 5.69 Å². The first-order valence-electron chi connectivity index (χ1n) is 7.23. The second-order valence-electron chi connectivity index (χ2n) is 5.02. The summed E-state index contributed by atoms with van der Waals surface area (Å²) in [6, 6.07) is 14.7. The Kier molecular flexibility index (Phi) is 5.86. The summed E-state index contributed by atoms with van der Waals surface area (Å²) in [5, 5.41) is 13.9. The van der Waals surface area contributed by atoms with Gasteiger partial charge in [0.15, 0.2) is 6.10 Å². The third-order valence-corrected chi connectivity index (χ3v) is 3.55. The molecular weight excluding hydrogens is 312 g/mol. The highest BCUT2D eigenvalue weighted by Gasteiger charge is 2.30. The van der Waals surface area contributed by atoms with Gasteiger partial charge < -0.3 is 14.8 Å². The van der Waals surface area contributed by atoms with Gasteiger partial charge in [-0.3, -0.25) is 10.1 Å². The lowest BCUT2D eigenvalue weighted by molar-refractivity contribution is -0.384. The monoisotopic (exact) mass is 330 g/mol. The standard InChI is InChI=1S/C17H18N2O5/c1-23-16(17(20)24-2)15(12-6-4-3-5-7-12)18-13-8-10-14(11-9-13)19(21)22/h3-11,15-16,18H,1-2H3/t15-,16-/m0/s1. The molecule has 0 amide bonds. The fourth-order valence-electron chi connectivity index (χ4n) is 2.34. The number of esters is 1. The average Bonchev–Trinajstić information content (AvgIpc) is 2.62. The summed E-state index contributed by atoms with van der Waals surface area (Å²) >= 11 is 0. The van der Waals surface area contributed by atoms with Crippen LogP contribution in [-0.4, -0.2) is 31.2 Å². The Bertz CT molecular complexity index is 688. The number of hydrogen-bond donors (Lipinski definition) is 1. The van der Waals surface area contributed by atoms with Crippen LogP contribution >= 0.6 is 0 Å². The van der Waals surface area contributed by atoms with Crippen molar-refractivity contribution in [2.45, 2.75) is 12.1 Å². The molecule has 0 saturated heterocycles. The number of nitrogens with one attached hydrogen (secondary N) is 1. The van der Waals surface area contributed by atoms with Crippen molar-refractivity contribution >= 4 is 17.3 Å². The summed E-state index contributed by atoms with van der Waals surface area (Å²) in [6.45, 7) is 0. The number of anilines is 1. The molecule has 0 fully saturated rings. The minimum Gasteiger partial charge on any atom is -0.467 e. The average molecular weight is 330 g/mol. The summed E-state index contributed by atoms with van der Waals surface area (Å²) < 4.78 is 10.1. The molecule has 0 heterocycles. The highest BCUT2D eigenvalue weighted by molar-refractivity contribution is 5.76. The van der Waals surface area contributed by atoms with E-state index in [0.717, 1.165) is 5.56 Å². The van der Waals surface area contributed by atoms with Crippen molar-refractivity contribution in [2.75, 3.05) is 19.5 Å². The minimum absolute atomic E-state index is 0.00642. The molecule has 126 valence electrons. The van der Waals surface area contributed by atoms with E-state index >= 15 is 0 Å². The van der Waals surface area contributed by atoms with Crippen molar-refractivity contribution in [3.8, 4) is 0 Å². The topological polar surface area (TPSA) is 90.7 Å². The SMILES string of the molecule is COC(=O)[C@@H](OC)[C@@H](Nc1ccc([N+](=O)[O-])cc1)c1ccccc1. The van der Waals surface area contributed by atoms with Crippen LogP contribution in [-0.2, 0) is 14.3 Å². The molecule has 1 N–H and O–H groups in total. The summed E-state index contributed by atoms with van der Waals surface area (Å²) in [5.41, 5.74) is 1.45. The molecule has 24 heavy (non-hydrogen) atoms. The molecule has 7 nitrogen and oxygen atoms in total. The van der Waals surface area contributed by atoms with Crippen LogP contribution in [0.1, 0.15) is 11.6 Å². The van der Waals surface area contributed by atoms with Crippen molar-refractivity contribution in [3.63, 3.8) is 0 Å². The molecule has 0 spiro atoms. The fraction of sp³-hybridized carbons (Fsp3) is 0.235. The lowest BCUT2D eigenvalue weighted by Gasteiger charge is -2.26. The maximum absolute atomic E-state index is 12.0. The van der Waals surface area contributed by atoms with E-state index in [0.29, 0.717) is 5.69 Å². The van der Waals surface area contributed by atoms with Gasteiger partial charge in [-0.25, -0.2) is 4.79 Å². The lowest BCUT2D eigenvalue weighted by atomic mass is 10.0. The molecule has 0 aliphatic rings. The van der Waals surface area contributed by atoms with E-state index in [9.17, 15) is 14.9 Å². The number of benzene rings is 2. The zero-order valence-corrected chi connectivity index (χ0v) is 13.3. The molecule has 2 aromatic rings. The number of ether oxygens (including phenoxy) is 2. The largest absolute Gasteiger partial charge is 0.467 e. The number of nitrogens with zero attached hydrogens (tertiary/aromatic N) is 1. The number of methoxy groups -OCH3 is 2. The van der Waals surface area contributed by atoms with Gasteiger partial charge in [0, 0.05) is 24.9 Å². The normalized spacial score (nSPS) is 12.9. The van der Waals surface area contributed by atoms with Crippen molar-refractivity contribution in [2.24, 2.45) is 0 Å². The number of nitro benzene ring substituents is 1. The van der Waals surface area contributed by atoms with Crippen LogP contribution < -0.4 is 5.32 Å². The quantitative estimate of drug-likeness (QED) is 0.477. The molecule has 2 aromatic carbocycles. The Balaban J connectivity index is 2.32. The van der Waals surface area contributed by atoms with Crippen molar-refractivity contribution in [1.82, 2.24) is 0 Å². The Morgan fingerprint density at radius 2 is 1.71 bits per heavy atom. The number of non-ortho nitro benzene ring substituents is 1. The molecular formula is C17H18N2O5. The second-order valence-corrected chi connectivity index (χ2v) is 5.02. The summed E-state index contributed by atoms with van der Waals surface area (Å²) in [5.74, 6) is -0.513. The van der Waals surface area contributed by atoms with Gasteiger partial charge in [0.2, 0.25) is 0 Å². The molecule has 0 aliphatic heterocycles. The van der Waals surface area contributed by atoms with Crippen LogP contribution in [0.3, 0.4) is 0 Å². The maximum atomic E-state index is 12.0. The first-order chi connectivity index (χ1) is 11.6. The molecule has 7 heteroatoms. The Morgan fingerprint density at radius 1 is 1.08 bits per heavy atom. The smallest absolute Gasteiger partial charge is 0.337 e. The van der Waals surface area contributed by atoms with Crippen molar-refractivity contribution in [3.05, 3.63) is 70.3 Å². The lowest BCUT2D eigenvalue weighted by Crippen LogP contribution is -2.35. The van der Waals surface area contributed by atoms with Gasteiger partial charge in [-0.1, -0.05) is 30.3 Å². The number of nitro groups is 1. The number of rotatable bonds is 7. The van der Waals surface area contributed by atoms with Crippen molar-refractivity contribution < 1.29 is 19.2 Å². The molecule has 0 bridgehead atoms. The third kappa shape index (κ3) is 4.08. The van der Waals surface area contributed by atoms with E-state index in [2.05, 4.69) is 5.32 Å². The van der Waals surface area contributed by atoms with Crippen LogP contribution in [0.2, 0.25) is 0 Å². The van der Waals surface area contributed by atoms with Gasteiger partial charge in [-0.15, -0.1) is 0 Å². The first kappa shape index (κ1) is 17.4. The summed E-state index contributed by atoms with van der Waals surface area (Å²) in [6.07, 6.45) is -0.868. The first-order valence-corrected chi connectivity index (χ1v) is 7.23. The summed E-state index contributed by atoms with van der Waals surface area (Å²) in [7, 11) is 2.72. The van der Waals surface area contributed by atoms with Crippen LogP contribution in [0.25, 0.3) is 0 Å². The molecule has 0 unspecified atom stereocenters. The molecule has 0 saturated carbocycles. The summed E-state index contributed by atoms with van der Waals surface area (Å²) in [4.78, 5) is 22.3. The molecule has 0 radical (unpaired) electrons. The Hall–Kier alpha value is -2.93. The van der Waals surface area contributed by atoms with E-state index < -0.39 is 23.0 Å². The molecule has 2 rings (SSSR count). The highest BCUT2D eigenvalue weighted by Crippen LogP contribution is 2.26. The van der Waals surface area contributed by atoms with E-state index in [4.69, 9.17) is 9.47 Å². The molecule has 0 aliphatic carbocycles. The van der Waals surface area contributed by atoms with Gasteiger partial charge >= 0.3 is 5.97 Å².